The minimum absolute atomic E-state index is 0.231. The van der Waals surface area contributed by atoms with E-state index in [1.54, 1.807) is 6.07 Å². The fourth-order valence-corrected chi connectivity index (χ4v) is 2.15. The molecule has 2 rings (SSSR count). The van der Waals surface area contributed by atoms with Crippen LogP contribution in [0, 0.1) is 11.7 Å². The summed E-state index contributed by atoms with van der Waals surface area (Å²) in [5, 5.41) is 0. The Morgan fingerprint density at radius 2 is 2.17 bits per heavy atom. The first-order valence-electron chi connectivity index (χ1n) is 6.43. The van der Waals surface area contributed by atoms with Gasteiger partial charge in [0.1, 0.15) is 0 Å². The van der Waals surface area contributed by atoms with Gasteiger partial charge >= 0.3 is 0 Å². The van der Waals surface area contributed by atoms with Gasteiger partial charge in [-0.05, 0) is 31.7 Å². The summed E-state index contributed by atoms with van der Waals surface area (Å²) < 4.78 is 24.7. The summed E-state index contributed by atoms with van der Waals surface area (Å²) in [7, 11) is 0. The average molecular weight is 253 g/mol. The molecule has 1 aromatic rings. The molecule has 0 aliphatic carbocycles. The number of hydrogen-bond acceptors (Lipinski definition) is 3. The van der Waals surface area contributed by atoms with E-state index >= 15 is 0 Å². The Hall–Kier alpha value is -1.13. The summed E-state index contributed by atoms with van der Waals surface area (Å²) in [6.07, 6.45) is 1.95. The Bertz CT molecular complexity index is 389. The van der Waals surface area contributed by atoms with Crippen LogP contribution in [0.3, 0.4) is 0 Å². The molecular weight excluding hydrogens is 233 g/mol. The first kappa shape index (κ1) is 13.3. The predicted octanol–water partition coefficient (Wildman–Crippen LogP) is 2.65. The summed E-state index contributed by atoms with van der Waals surface area (Å²) >= 11 is 0. The van der Waals surface area contributed by atoms with Crippen molar-refractivity contribution in [3.05, 3.63) is 29.6 Å². The maximum atomic E-state index is 13.8. The topological polar surface area (TPSA) is 44.5 Å². The molecule has 0 saturated carbocycles. The Morgan fingerprint density at radius 3 is 2.83 bits per heavy atom. The monoisotopic (exact) mass is 253 g/mol. The molecule has 0 amide bonds. The second-order valence-corrected chi connectivity index (χ2v) is 4.81. The minimum atomic E-state index is -0.336. The van der Waals surface area contributed by atoms with Gasteiger partial charge in [0.05, 0.1) is 6.61 Å². The molecule has 0 bridgehead atoms. The number of ether oxygens (including phenoxy) is 2. The normalized spacial score (nSPS) is 18.6. The fourth-order valence-electron chi connectivity index (χ4n) is 2.15. The van der Waals surface area contributed by atoms with Gasteiger partial charge in [-0.1, -0.05) is 12.1 Å². The molecule has 1 aromatic carbocycles. The zero-order chi connectivity index (χ0) is 13.0. The molecule has 1 fully saturated rings. The molecule has 0 spiro atoms. The maximum absolute atomic E-state index is 13.8. The number of para-hydroxylation sites is 1. The lowest BCUT2D eigenvalue weighted by Gasteiger charge is -2.23. The Kier molecular flexibility index (Phi) is 4.55. The van der Waals surface area contributed by atoms with Gasteiger partial charge in [-0.15, -0.1) is 0 Å². The lowest BCUT2D eigenvalue weighted by atomic mass is 10.0. The van der Waals surface area contributed by atoms with Gasteiger partial charge in [0, 0.05) is 24.8 Å². The average Bonchev–Trinajstić information content (AvgIpc) is 2.38. The fraction of sp³-hybridized carbons (Fsp3) is 0.571. The van der Waals surface area contributed by atoms with Crippen molar-refractivity contribution in [1.82, 2.24) is 0 Å². The summed E-state index contributed by atoms with van der Waals surface area (Å²) in [6.45, 7) is 3.90. The van der Waals surface area contributed by atoms with Crippen molar-refractivity contribution < 1.29 is 13.9 Å². The SMILES string of the molecule is CC(N)c1cccc(F)c1OCC1CCOCC1. The van der Waals surface area contributed by atoms with Crippen molar-refractivity contribution in [2.75, 3.05) is 19.8 Å². The molecule has 2 N–H and O–H groups in total. The molecule has 1 unspecified atom stereocenters. The van der Waals surface area contributed by atoms with Gasteiger partial charge in [-0.25, -0.2) is 4.39 Å². The van der Waals surface area contributed by atoms with Crippen LogP contribution in [0.25, 0.3) is 0 Å². The second kappa shape index (κ2) is 6.16. The number of nitrogens with two attached hydrogens (primary N) is 1. The van der Waals surface area contributed by atoms with Crippen LogP contribution in [-0.4, -0.2) is 19.8 Å². The number of hydrogen-bond donors (Lipinski definition) is 1. The highest BCUT2D eigenvalue weighted by Gasteiger charge is 2.18. The van der Waals surface area contributed by atoms with Gasteiger partial charge in [-0.2, -0.15) is 0 Å². The van der Waals surface area contributed by atoms with E-state index in [2.05, 4.69) is 0 Å². The summed E-state index contributed by atoms with van der Waals surface area (Å²) in [4.78, 5) is 0. The van der Waals surface area contributed by atoms with Crippen LogP contribution < -0.4 is 10.5 Å². The number of benzene rings is 1. The minimum Gasteiger partial charge on any atom is -0.490 e. The molecular formula is C14H20FNO2. The summed E-state index contributed by atoms with van der Waals surface area (Å²) in [5.74, 6) is 0.412. The standard InChI is InChI=1S/C14H20FNO2/c1-10(16)12-3-2-4-13(15)14(12)18-9-11-5-7-17-8-6-11/h2-4,10-11H,5-9,16H2,1H3. The molecule has 1 aliphatic rings. The molecule has 1 atom stereocenters. The van der Waals surface area contributed by atoms with Gasteiger partial charge in [-0.3, -0.25) is 0 Å². The first-order valence-corrected chi connectivity index (χ1v) is 6.43. The van der Waals surface area contributed by atoms with Crippen molar-refractivity contribution in [1.29, 1.82) is 0 Å². The largest absolute Gasteiger partial charge is 0.490 e. The third-order valence-corrected chi connectivity index (χ3v) is 3.29. The second-order valence-electron chi connectivity index (χ2n) is 4.81. The lowest BCUT2D eigenvalue weighted by Crippen LogP contribution is -2.22. The van der Waals surface area contributed by atoms with Crippen LogP contribution in [0.5, 0.6) is 5.75 Å². The predicted molar refractivity (Wildman–Crippen MR) is 68.0 cm³/mol. The van der Waals surface area contributed by atoms with Crippen LogP contribution in [0.15, 0.2) is 18.2 Å². The molecule has 1 aliphatic heterocycles. The first-order chi connectivity index (χ1) is 8.68. The van der Waals surface area contributed by atoms with E-state index in [0.717, 1.165) is 31.6 Å². The van der Waals surface area contributed by atoms with Crippen molar-refractivity contribution in [3.63, 3.8) is 0 Å². The van der Waals surface area contributed by atoms with E-state index in [1.165, 1.54) is 6.07 Å². The zero-order valence-corrected chi connectivity index (χ0v) is 10.7. The van der Waals surface area contributed by atoms with Crippen LogP contribution in [-0.2, 0) is 4.74 Å². The summed E-state index contributed by atoms with van der Waals surface area (Å²) in [6, 6.07) is 4.65. The highest BCUT2D eigenvalue weighted by Crippen LogP contribution is 2.28. The molecule has 4 heteroatoms. The van der Waals surface area contributed by atoms with Crippen LogP contribution in [0.4, 0.5) is 4.39 Å². The molecule has 0 aromatic heterocycles. The smallest absolute Gasteiger partial charge is 0.165 e. The summed E-state index contributed by atoms with van der Waals surface area (Å²) in [5.41, 5.74) is 6.55. The van der Waals surface area contributed by atoms with Crippen LogP contribution in [0.2, 0.25) is 0 Å². The lowest BCUT2D eigenvalue weighted by molar-refractivity contribution is 0.0489. The number of halogens is 1. The molecule has 1 heterocycles. The maximum Gasteiger partial charge on any atom is 0.165 e. The van der Waals surface area contributed by atoms with E-state index in [-0.39, 0.29) is 11.9 Å². The quantitative estimate of drug-likeness (QED) is 0.897. The van der Waals surface area contributed by atoms with Gasteiger partial charge < -0.3 is 15.2 Å². The molecule has 18 heavy (non-hydrogen) atoms. The third kappa shape index (κ3) is 3.21. The van der Waals surface area contributed by atoms with Gasteiger partial charge in [0.25, 0.3) is 0 Å². The van der Waals surface area contributed by atoms with E-state index in [0.29, 0.717) is 18.3 Å². The van der Waals surface area contributed by atoms with Crippen LogP contribution >= 0.6 is 0 Å². The van der Waals surface area contributed by atoms with Crippen molar-refractivity contribution >= 4 is 0 Å². The van der Waals surface area contributed by atoms with Gasteiger partial charge in [0.2, 0.25) is 0 Å². The van der Waals surface area contributed by atoms with E-state index < -0.39 is 0 Å². The Balaban J connectivity index is 2.03. The number of rotatable bonds is 4. The van der Waals surface area contributed by atoms with E-state index in [4.69, 9.17) is 15.2 Å². The molecule has 0 radical (unpaired) electrons. The molecule has 1 saturated heterocycles. The Labute approximate surface area is 107 Å². The van der Waals surface area contributed by atoms with Crippen LogP contribution in [0.1, 0.15) is 31.4 Å². The van der Waals surface area contributed by atoms with Gasteiger partial charge in [0.15, 0.2) is 11.6 Å². The molecule has 3 nitrogen and oxygen atoms in total. The third-order valence-electron chi connectivity index (χ3n) is 3.29. The van der Waals surface area contributed by atoms with E-state index in [1.807, 2.05) is 13.0 Å². The highest BCUT2D eigenvalue weighted by atomic mass is 19.1. The van der Waals surface area contributed by atoms with Crippen molar-refractivity contribution in [2.45, 2.75) is 25.8 Å². The Morgan fingerprint density at radius 1 is 1.44 bits per heavy atom. The van der Waals surface area contributed by atoms with Crippen molar-refractivity contribution in [2.24, 2.45) is 11.7 Å². The highest BCUT2D eigenvalue weighted by molar-refractivity contribution is 5.36. The molecule has 100 valence electrons. The van der Waals surface area contributed by atoms with Crippen molar-refractivity contribution in [3.8, 4) is 5.75 Å². The zero-order valence-electron chi connectivity index (χ0n) is 10.7. The van der Waals surface area contributed by atoms with E-state index in [9.17, 15) is 4.39 Å².